The summed E-state index contributed by atoms with van der Waals surface area (Å²) in [4.78, 5) is 6.26. The van der Waals surface area contributed by atoms with E-state index in [-0.39, 0.29) is 23.9 Å². The summed E-state index contributed by atoms with van der Waals surface area (Å²) in [6, 6.07) is 13.9. The third-order valence-corrected chi connectivity index (χ3v) is 5.23. The Labute approximate surface area is 159 Å². The smallest absolute Gasteiger partial charge is 0.139 e. The van der Waals surface area contributed by atoms with Crippen molar-refractivity contribution in [2.45, 2.75) is 0 Å². The standard InChI is InChI=1S/C19H14ClN3O2S/c20-12-3-1-11(2-4-12)15-10-26-19(22-15)17-16(25)9-23(18(17)21)13-5-7-14(24)8-6-13/h1-8,10,21,24-25H,9H2. The first kappa shape index (κ1) is 16.6. The maximum absolute atomic E-state index is 10.4. The predicted molar refractivity (Wildman–Crippen MR) is 105 cm³/mol. The first-order valence-electron chi connectivity index (χ1n) is 7.82. The zero-order chi connectivity index (χ0) is 18.3. The summed E-state index contributed by atoms with van der Waals surface area (Å²) >= 11 is 7.31. The third-order valence-electron chi connectivity index (χ3n) is 4.12. The fraction of sp³-hybridized carbons (Fsp3) is 0.0526. The van der Waals surface area contributed by atoms with Crippen molar-refractivity contribution < 1.29 is 10.2 Å². The Bertz CT molecular complexity index is 1010. The molecular formula is C19H14ClN3O2S. The van der Waals surface area contributed by atoms with Crippen molar-refractivity contribution in [3.8, 4) is 17.0 Å². The zero-order valence-electron chi connectivity index (χ0n) is 13.5. The van der Waals surface area contributed by atoms with E-state index in [1.54, 1.807) is 41.3 Å². The van der Waals surface area contributed by atoms with Gasteiger partial charge >= 0.3 is 0 Å². The number of phenolic OH excluding ortho intramolecular Hbond substituents is 1. The molecule has 2 aromatic carbocycles. The molecule has 1 aromatic heterocycles. The number of rotatable bonds is 3. The number of aromatic nitrogens is 1. The van der Waals surface area contributed by atoms with Crippen LogP contribution >= 0.6 is 22.9 Å². The van der Waals surface area contributed by atoms with Gasteiger partial charge in [0, 0.05) is 21.7 Å². The van der Waals surface area contributed by atoms with Gasteiger partial charge in [-0.25, -0.2) is 4.98 Å². The van der Waals surface area contributed by atoms with Crippen molar-refractivity contribution in [2.24, 2.45) is 0 Å². The Kier molecular flexibility index (Phi) is 4.14. The molecule has 0 aliphatic carbocycles. The number of nitrogens with one attached hydrogen (secondary N) is 1. The molecule has 4 rings (SSSR count). The van der Waals surface area contributed by atoms with Gasteiger partial charge in [0.15, 0.2) is 0 Å². The van der Waals surface area contributed by atoms with Crippen LogP contribution in [0.15, 0.2) is 59.7 Å². The van der Waals surface area contributed by atoms with Crippen LogP contribution in [-0.2, 0) is 0 Å². The van der Waals surface area contributed by atoms with Gasteiger partial charge in [-0.15, -0.1) is 11.3 Å². The molecule has 0 spiro atoms. The molecule has 3 N–H and O–H groups in total. The number of phenols is 1. The number of aliphatic hydroxyl groups excluding tert-OH is 1. The van der Waals surface area contributed by atoms with Crippen LogP contribution in [0.3, 0.4) is 0 Å². The molecule has 26 heavy (non-hydrogen) atoms. The SMILES string of the molecule is N=C1C(c2nc(-c3ccc(Cl)cc3)cs2)=C(O)CN1c1ccc(O)cc1. The number of aromatic hydroxyl groups is 1. The second-order valence-electron chi connectivity index (χ2n) is 5.82. The first-order valence-corrected chi connectivity index (χ1v) is 9.08. The highest BCUT2D eigenvalue weighted by molar-refractivity contribution is 7.11. The largest absolute Gasteiger partial charge is 0.510 e. The van der Waals surface area contributed by atoms with E-state index in [0.29, 0.717) is 15.6 Å². The summed E-state index contributed by atoms with van der Waals surface area (Å²) in [5.41, 5.74) is 2.86. The molecule has 1 aliphatic heterocycles. The minimum Gasteiger partial charge on any atom is -0.510 e. The van der Waals surface area contributed by atoms with Crippen LogP contribution in [0.5, 0.6) is 5.75 Å². The van der Waals surface area contributed by atoms with E-state index in [1.807, 2.05) is 17.5 Å². The minimum absolute atomic E-state index is 0.111. The summed E-state index contributed by atoms with van der Waals surface area (Å²) in [6.45, 7) is 0.203. The minimum atomic E-state index is 0.111. The lowest BCUT2D eigenvalue weighted by molar-refractivity contribution is 0.411. The number of aliphatic hydroxyl groups is 1. The van der Waals surface area contributed by atoms with Crippen LogP contribution in [0.4, 0.5) is 5.69 Å². The zero-order valence-corrected chi connectivity index (χ0v) is 15.1. The highest BCUT2D eigenvalue weighted by Gasteiger charge is 2.31. The first-order chi connectivity index (χ1) is 12.5. The lowest BCUT2D eigenvalue weighted by Gasteiger charge is -2.18. The van der Waals surface area contributed by atoms with E-state index >= 15 is 0 Å². The molecule has 5 nitrogen and oxygen atoms in total. The van der Waals surface area contributed by atoms with Crippen LogP contribution in [-0.4, -0.2) is 27.6 Å². The highest BCUT2D eigenvalue weighted by Crippen LogP contribution is 2.34. The van der Waals surface area contributed by atoms with Crippen molar-refractivity contribution in [1.29, 1.82) is 5.41 Å². The molecule has 3 aromatic rings. The van der Waals surface area contributed by atoms with Crippen molar-refractivity contribution in [3.63, 3.8) is 0 Å². The molecule has 0 bridgehead atoms. The molecule has 0 atom stereocenters. The fourth-order valence-corrected chi connectivity index (χ4v) is 3.82. The second-order valence-corrected chi connectivity index (χ2v) is 7.11. The second kappa shape index (κ2) is 6.48. The van der Waals surface area contributed by atoms with Gasteiger partial charge in [-0.3, -0.25) is 5.41 Å². The molecule has 7 heteroatoms. The number of benzene rings is 2. The van der Waals surface area contributed by atoms with E-state index in [2.05, 4.69) is 4.98 Å². The van der Waals surface area contributed by atoms with Gasteiger partial charge < -0.3 is 15.1 Å². The van der Waals surface area contributed by atoms with Gasteiger partial charge in [0.25, 0.3) is 0 Å². The lowest BCUT2D eigenvalue weighted by Crippen LogP contribution is -2.25. The number of amidine groups is 1. The third kappa shape index (κ3) is 2.94. The predicted octanol–water partition coefficient (Wildman–Crippen LogP) is 4.94. The summed E-state index contributed by atoms with van der Waals surface area (Å²) in [6.07, 6.45) is 0. The van der Waals surface area contributed by atoms with Gasteiger partial charge in [-0.2, -0.15) is 0 Å². The van der Waals surface area contributed by atoms with Gasteiger partial charge in [-0.1, -0.05) is 23.7 Å². The quantitative estimate of drug-likeness (QED) is 0.598. The molecule has 130 valence electrons. The van der Waals surface area contributed by atoms with Crippen LogP contribution < -0.4 is 4.90 Å². The maximum Gasteiger partial charge on any atom is 0.139 e. The number of halogens is 1. The molecular weight excluding hydrogens is 370 g/mol. The topological polar surface area (TPSA) is 80.4 Å². The number of anilines is 1. The average Bonchev–Trinajstić information content (AvgIpc) is 3.21. The fourth-order valence-electron chi connectivity index (χ4n) is 2.80. The van der Waals surface area contributed by atoms with Crippen LogP contribution in [0.25, 0.3) is 16.8 Å². The van der Waals surface area contributed by atoms with Crippen LogP contribution in [0.2, 0.25) is 5.02 Å². The molecule has 0 saturated heterocycles. The summed E-state index contributed by atoms with van der Waals surface area (Å²) in [5.74, 6) is 0.453. The van der Waals surface area contributed by atoms with Gasteiger partial charge in [0.2, 0.25) is 0 Å². The van der Waals surface area contributed by atoms with E-state index in [4.69, 9.17) is 17.0 Å². The van der Waals surface area contributed by atoms with E-state index in [0.717, 1.165) is 16.9 Å². The molecule has 0 fully saturated rings. The average molecular weight is 384 g/mol. The Morgan fingerprint density at radius 1 is 1.04 bits per heavy atom. The van der Waals surface area contributed by atoms with Gasteiger partial charge in [0.05, 0.1) is 17.8 Å². The van der Waals surface area contributed by atoms with Crippen molar-refractivity contribution in [1.82, 2.24) is 4.98 Å². The maximum atomic E-state index is 10.4. The molecule has 0 unspecified atom stereocenters. The normalized spacial score (nSPS) is 14.3. The number of hydrogen-bond acceptors (Lipinski definition) is 5. The molecule has 0 saturated carbocycles. The van der Waals surface area contributed by atoms with E-state index < -0.39 is 0 Å². The Morgan fingerprint density at radius 2 is 1.73 bits per heavy atom. The Balaban J connectivity index is 1.63. The monoisotopic (exact) mass is 383 g/mol. The summed E-state index contributed by atoms with van der Waals surface area (Å²) < 4.78 is 0. The van der Waals surface area contributed by atoms with Gasteiger partial charge in [-0.05, 0) is 36.4 Å². The molecule has 0 amide bonds. The van der Waals surface area contributed by atoms with Crippen molar-refractivity contribution >= 4 is 40.0 Å². The van der Waals surface area contributed by atoms with E-state index in [1.165, 1.54) is 11.3 Å². The van der Waals surface area contributed by atoms with Crippen LogP contribution in [0.1, 0.15) is 5.01 Å². The Hall–Kier alpha value is -2.83. The van der Waals surface area contributed by atoms with Gasteiger partial charge in [0.1, 0.15) is 22.4 Å². The van der Waals surface area contributed by atoms with Crippen molar-refractivity contribution in [2.75, 3.05) is 11.4 Å². The summed E-state index contributed by atoms with van der Waals surface area (Å²) in [5, 5.41) is 31.5. The molecule has 1 aliphatic rings. The van der Waals surface area contributed by atoms with Crippen LogP contribution in [0, 0.1) is 5.41 Å². The lowest BCUT2D eigenvalue weighted by atomic mass is 10.2. The van der Waals surface area contributed by atoms with E-state index in [9.17, 15) is 10.2 Å². The highest BCUT2D eigenvalue weighted by atomic mass is 35.5. The molecule has 0 radical (unpaired) electrons. The number of thiazole rings is 1. The van der Waals surface area contributed by atoms with Crippen molar-refractivity contribution in [3.05, 3.63) is 69.7 Å². The summed E-state index contributed by atoms with van der Waals surface area (Å²) in [7, 11) is 0. The molecule has 2 heterocycles. The number of hydrogen-bond donors (Lipinski definition) is 3. The Morgan fingerprint density at radius 3 is 2.42 bits per heavy atom. The number of nitrogens with zero attached hydrogens (tertiary/aromatic N) is 2.